The molecule has 0 spiro atoms. The second-order valence-electron chi connectivity index (χ2n) is 5.53. The fraction of sp³-hybridized carbons (Fsp3) is 1.00. The number of likely N-dealkylation sites (N-methyl/N-ethyl adjacent to an activating group) is 1. The van der Waals surface area contributed by atoms with Gasteiger partial charge >= 0.3 is 0 Å². The van der Waals surface area contributed by atoms with E-state index < -0.39 is 0 Å². The molecule has 3 nitrogen and oxygen atoms in total. The molecule has 0 atom stereocenters. The molecule has 1 saturated carbocycles. The van der Waals surface area contributed by atoms with Gasteiger partial charge in [-0.05, 0) is 25.8 Å². The van der Waals surface area contributed by atoms with Crippen molar-refractivity contribution >= 4 is 0 Å². The molecule has 0 bridgehead atoms. The molecule has 0 aromatic carbocycles. The molecule has 1 rings (SSSR count). The summed E-state index contributed by atoms with van der Waals surface area (Å²) in [5.41, 5.74) is 6.20. The van der Waals surface area contributed by atoms with E-state index in [-0.39, 0.29) is 5.54 Å². The van der Waals surface area contributed by atoms with Crippen molar-refractivity contribution in [3.05, 3.63) is 0 Å². The molecule has 1 aliphatic rings. The van der Waals surface area contributed by atoms with Crippen molar-refractivity contribution in [2.75, 3.05) is 33.4 Å². The van der Waals surface area contributed by atoms with Gasteiger partial charge in [0.15, 0.2) is 0 Å². The van der Waals surface area contributed by atoms with Crippen molar-refractivity contribution in [1.82, 2.24) is 4.90 Å². The Balaban J connectivity index is 2.25. The molecule has 0 radical (unpaired) electrons. The Hall–Kier alpha value is -0.120. The van der Waals surface area contributed by atoms with Gasteiger partial charge in [-0.1, -0.05) is 26.7 Å². The second kappa shape index (κ2) is 6.58. The lowest BCUT2D eigenvalue weighted by molar-refractivity contribution is 0.0550. The van der Waals surface area contributed by atoms with Crippen molar-refractivity contribution in [1.29, 1.82) is 0 Å². The predicted molar refractivity (Wildman–Crippen MR) is 68.5 cm³/mol. The van der Waals surface area contributed by atoms with Crippen molar-refractivity contribution in [3.8, 4) is 0 Å². The minimum Gasteiger partial charge on any atom is -0.380 e. The highest BCUT2D eigenvalue weighted by Gasteiger charge is 2.35. The van der Waals surface area contributed by atoms with E-state index in [1.807, 2.05) is 0 Å². The Bertz CT molecular complexity index is 188. The van der Waals surface area contributed by atoms with Crippen LogP contribution in [0.1, 0.15) is 39.5 Å². The lowest BCUT2D eigenvalue weighted by Gasteiger charge is -2.38. The summed E-state index contributed by atoms with van der Waals surface area (Å²) in [4.78, 5) is 2.42. The standard InChI is InChI=1S/C13H28N2O/c1-12(2)10-16-9-8-15(3)13(11-14)6-4-5-7-13/h12H,4-11,14H2,1-3H3. The van der Waals surface area contributed by atoms with Crippen molar-refractivity contribution in [2.24, 2.45) is 11.7 Å². The highest BCUT2D eigenvalue weighted by atomic mass is 16.5. The lowest BCUT2D eigenvalue weighted by atomic mass is 9.96. The van der Waals surface area contributed by atoms with Gasteiger partial charge in [0.1, 0.15) is 0 Å². The highest BCUT2D eigenvalue weighted by Crippen LogP contribution is 2.33. The maximum absolute atomic E-state index is 5.94. The maximum Gasteiger partial charge on any atom is 0.0593 e. The zero-order valence-corrected chi connectivity index (χ0v) is 11.2. The first-order valence-corrected chi connectivity index (χ1v) is 6.60. The summed E-state index contributed by atoms with van der Waals surface area (Å²) in [5.74, 6) is 0.625. The van der Waals surface area contributed by atoms with Crippen LogP contribution in [0.3, 0.4) is 0 Å². The van der Waals surface area contributed by atoms with Gasteiger partial charge in [0.2, 0.25) is 0 Å². The molecule has 0 heterocycles. The minimum absolute atomic E-state index is 0.265. The largest absolute Gasteiger partial charge is 0.380 e. The number of rotatable bonds is 7. The van der Waals surface area contributed by atoms with Crippen LogP contribution in [0.25, 0.3) is 0 Å². The van der Waals surface area contributed by atoms with Crippen molar-refractivity contribution in [2.45, 2.75) is 45.1 Å². The molecule has 0 saturated heterocycles. The van der Waals surface area contributed by atoms with Crippen LogP contribution in [-0.2, 0) is 4.74 Å². The molecule has 1 fully saturated rings. The van der Waals surface area contributed by atoms with E-state index in [1.165, 1.54) is 25.7 Å². The minimum atomic E-state index is 0.265. The first-order chi connectivity index (χ1) is 7.60. The topological polar surface area (TPSA) is 38.5 Å². The van der Waals surface area contributed by atoms with Crippen LogP contribution in [0.5, 0.6) is 0 Å². The maximum atomic E-state index is 5.94. The third-order valence-electron chi connectivity index (χ3n) is 3.75. The first kappa shape index (κ1) is 13.9. The summed E-state index contributed by atoms with van der Waals surface area (Å²) in [6, 6.07) is 0. The van der Waals surface area contributed by atoms with Crippen LogP contribution < -0.4 is 5.73 Å². The van der Waals surface area contributed by atoms with Gasteiger partial charge in [0.05, 0.1) is 6.61 Å². The molecular weight excluding hydrogens is 200 g/mol. The third kappa shape index (κ3) is 3.72. The fourth-order valence-electron chi connectivity index (χ4n) is 2.53. The normalized spacial score (nSPS) is 19.9. The van der Waals surface area contributed by atoms with E-state index >= 15 is 0 Å². The summed E-state index contributed by atoms with van der Waals surface area (Å²) in [7, 11) is 2.19. The van der Waals surface area contributed by atoms with Gasteiger partial charge in [-0.2, -0.15) is 0 Å². The molecule has 0 aliphatic heterocycles. The molecule has 0 unspecified atom stereocenters. The average Bonchev–Trinajstić information content (AvgIpc) is 2.73. The Kier molecular flexibility index (Phi) is 5.73. The summed E-state index contributed by atoms with van der Waals surface area (Å²) >= 11 is 0. The van der Waals surface area contributed by atoms with Gasteiger partial charge in [-0.15, -0.1) is 0 Å². The summed E-state index contributed by atoms with van der Waals surface area (Å²) in [5, 5.41) is 0. The SMILES string of the molecule is CC(C)COCCN(C)C1(CN)CCCC1. The van der Waals surface area contributed by atoms with E-state index in [0.29, 0.717) is 5.92 Å². The monoisotopic (exact) mass is 228 g/mol. The Labute approximate surface area is 100 Å². The van der Waals surface area contributed by atoms with Crippen molar-refractivity contribution in [3.63, 3.8) is 0 Å². The number of hydrogen-bond donors (Lipinski definition) is 1. The summed E-state index contributed by atoms with van der Waals surface area (Å²) < 4.78 is 5.63. The van der Waals surface area contributed by atoms with Gasteiger partial charge in [-0.3, -0.25) is 4.90 Å². The number of nitrogens with two attached hydrogens (primary N) is 1. The van der Waals surface area contributed by atoms with Crippen LogP contribution in [0.2, 0.25) is 0 Å². The van der Waals surface area contributed by atoms with E-state index in [1.54, 1.807) is 0 Å². The predicted octanol–water partition coefficient (Wildman–Crippen LogP) is 1.86. The molecule has 0 aromatic heterocycles. The van der Waals surface area contributed by atoms with Crippen LogP contribution in [0.4, 0.5) is 0 Å². The van der Waals surface area contributed by atoms with E-state index in [0.717, 1.165) is 26.3 Å². The van der Waals surface area contributed by atoms with Gasteiger partial charge in [-0.25, -0.2) is 0 Å². The van der Waals surface area contributed by atoms with Crippen LogP contribution >= 0.6 is 0 Å². The van der Waals surface area contributed by atoms with E-state index in [2.05, 4.69) is 25.8 Å². The Morgan fingerprint density at radius 3 is 2.44 bits per heavy atom. The molecule has 0 amide bonds. The Morgan fingerprint density at radius 2 is 1.94 bits per heavy atom. The molecule has 2 N–H and O–H groups in total. The van der Waals surface area contributed by atoms with Crippen molar-refractivity contribution < 1.29 is 4.74 Å². The zero-order chi connectivity index (χ0) is 12.0. The smallest absolute Gasteiger partial charge is 0.0593 e. The molecular formula is C13H28N2O. The zero-order valence-electron chi connectivity index (χ0n) is 11.2. The molecule has 96 valence electrons. The molecule has 3 heteroatoms. The van der Waals surface area contributed by atoms with Gasteiger partial charge in [0.25, 0.3) is 0 Å². The van der Waals surface area contributed by atoms with Crippen LogP contribution in [0, 0.1) is 5.92 Å². The molecule has 0 aromatic rings. The molecule has 1 aliphatic carbocycles. The van der Waals surface area contributed by atoms with Crippen LogP contribution in [0.15, 0.2) is 0 Å². The van der Waals surface area contributed by atoms with Gasteiger partial charge < -0.3 is 10.5 Å². The van der Waals surface area contributed by atoms with Crippen LogP contribution in [-0.4, -0.2) is 43.8 Å². The molecule has 16 heavy (non-hydrogen) atoms. The summed E-state index contributed by atoms with van der Waals surface area (Å²) in [6.45, 7) is 7.85. The number of nitrogens with zero attached hydrogens (tertiary/aromatic N) is 1. The second-order valence-corrected chi connectivity index (χ2v) is 5.53. The first-order valence-electron chi connectivity index (χ1n) is 6.60. The number of ether oxygens (including phenoxy) is 1. The quantitative estimate of drug-likeness (QED) is 0.676. The Morgan fingerprint density at radius 1 is 1.31 bits per heavy atom. The lowest BCUT2D eigenvalue weighted by Crippen LogP contribution is -2.51. The fourth-order valence-corrected chi connectivity index (χ4v) is 2.53. The average molecular weight is 228 g/mol. The highest BCUT2D eigenvalue weighted by molar-refractivity contribution is 4.94. The van der Waals surface area contributed by atoms with E-state index in [4.69, 9.17) is 10.5 Å². The van der Waals surface area contributed by atoms with Gasteiger partial charge in [0, 0.05) is 25.2 Å². The summed E-state index contributed by atoms with van der Waals surface area (Å²) in [6.07, 6.45) is 5.16. The third-order valence-corrected chi connectivity index (χ3v) is 3.75. The number of hydrogen-bond acceptors (Lipinski definition) is 3. The van der Waals surface area contributed by atoms with E-state index in [9.17, 15) is 0 Å².